The highest BCUT2D eigenvalue weighted by Crippen LogP contribution is 2.35. The van der Waals surface area contributed by atoms with E-state index in [1.165, 1.54) is 44.2 Å². The summed E-state index contributed by atoms with van der Waals surface area (Å²) in [5, 5.41) is 0. The summed E-state index contributed by atoms with van der Waals surface area (Å²) in [7, 11) is 0. The summed E-state index contributed by atoms with van der Waals surface area (Å²) in [6.45, 7) is 7.51. The van der Waals surface area contributed by atoms with Gasteiger partial charge in [-0.25, -0.2) is 0 Å². The first-order valence-corrected chi connectivity index (χ1v) is 5.73. The summed E-state index contributed by atoms with van der Waals surface area (Å²) >= 11 is 0. The zero-order valence-electron chi connectivity index (χ0n) is 8.76. The molecule has 0 aromatic heterocycles. The van der Waals surface area contributed by atoms with Gasteiger partial charge < -0.3 is 0 Å². The predicted octanol–water partition coefficient (Wildman–Crippen LogP) is 2.97. The summed E-state index contributed by atoms with van der Waals surface area (Å²) in [6, 6.07) is 1.81. The zero-order chi connectivity index (χ0) is 9.26. The van der Waals surface area contributed by atoms with E-state index in [-0.39, 0.29) is 0 Å². The average molecular weight is 179 g/mol. The van der Waals surface area contributed by atoms with Crippen LogP contribution in [0, 0.1) is 0 Å². The molecule has 0 N–H and O–H groups in total. The van der Waals surface area contributed by atoms with Crippen molar-refractivity contribution >= 4 is 0 Å². The van der Waals surface area contributed by atoms with Crippen molar-refractivity contribution in [3.05, 3.63) is 12.2 Å². The maximum absolute atomic E-state index is 4.12. The Hall–Kier alpha value is -0.300. The molecule has 2 fully saturated rings. The Morgan fingerprint density at radius 2 is 1.85 bits per heavy atom. The molecule has 1 nitrogen and oxygen atoms in total. The van der Waals surface area contributed by atoms with Crippen LogP contribution >= 0.6 is 0 Å². The van der Waals surface area contributed by atoms with Gasteiger partial charge in [0.15, 0.2) is 0 Å². The van der Waals surface area contributed by atoms with E-state index in [1.54, 1.807) is 0 Å². The van der Waals surface area contributed by atoms with Crippen molar-refractivity contribution in [1.29, 1.82) is 0 Å². The highest BCUT2D eigenvalue weighted by molar-refractivity contribution is 5.02. The fraction of sp³-hybridized carbons (Fsp3) is 0.833. The van der Waals surface area contributed by atoms with Crippen LogP contribution in [0.2, 0.25) is 0 Å². The molecule has 2 heterocycles. The van der Waals surface area contributed by atoms with Gasteiger partial charge in [0.1, 0.15) is 0 Å². The molecule has 0 radical (unpaired) electrons. The second-order valence-corrected chi connectivity index (χ2v) is 4.59. The molecule has 0 aliphatic carbocycles. The Morgan fingerprint density at radius 1 is 1.23 bits per heavy atom. The van der Waals surface area contributed by atoms with Gasteiger partial charge >= 0.3 is 0 Å². The smallest absolute Gasteiger partial charge is 0.0195 e. The Balaban J connectivity index is 1.95. The number of nitrogens with zero attached hydrogens (tertiary/aromatic N) is 1. The molecular weight excluding hydrogens is 158 g/mol. The Morgan fingerprint density at radius 3 is 2.38 bits per heavy atom. The van der Waals surface area contributed by atoms with Gasteiger partial charge in [-0.15, -0.1) is 0 Å². The summed E-state index contributed by atoms with van der Waals surface area (Å²) in [4.78, 5) is 2.72. The molecule has 74 valence electrons. The molecule has 0 spiro atoms. The van der Waals surface area contributed by atoms with Crippen molar-refractivity contribution in [2.45, 2.75) is 57.5 Å². The summed E-state index contributed by atoms with van der Waals surface area (Å²) in [5.41, 5.74) is 1.42. The van der Waals surface area contributed by atoms with Crippen LogP contribution < -0.4 is 0 Å². The van der Waals surface area contributed by atoms with Crippen molar-refractivity contribution < 1.29 is 0 Å². The molecule has 1 heteroatoms. The van der Waals surface area contributed by atoms with Crippen LogP contribution in [-0.2, 0) is 0 Å². The first-order chi connectivity index (χ1) is 6.31. The van der Waals surface area contributed by atoms with E-state index in [9.17, 15) is 0 Å². The lowest BCUT2D eigenvalue weighted by molar-refractivity contribution is 0.153. The minimum Gasteiger partial charge on any atom is -0.294 e. The van der Waals surface area contributed by atoms with E-state index in [1.807, 2.05) is 0 Å². The fourth-order valence-corrected chi connectivity index (χ4v) is 2.85. The summed E-state index contributed by atoms with van der Waals surface area (Å²) < 4.78 is 0. The largest absolute Gasteiger partial charge is 0.294 e. The Kier molecular flexibility index (Phi) is 2.73. The SMILES string of the molecule is C=C(CC)CN1C2CCCC1CC2. The van der Waals surface area contributed by atoms with Crippen LogP contribution in [0.5, 0.6) is 0 Å². The van der Waals surface area contributed by atoms with E-state index in [0.717, 1.165) is 18.5 Å². The van der Waals surface area contributed by atoms with Crippen molar-refractivity contribution in [2.75, 3.05) is 6.54 Å². The normalized spacial score (nSPS) is 33.6. The van der Waals surface area contributed by atoms with Crippen LogP contribution in [0.25, 0.3) is 0 Å². The first-order valence-electron chi connectivity index (χ1n) is 5.73. The highest BCUT2D eigenvalue weighted by Gasteiger charge is 2.35. The van der Waals surface area contributed by atoms with Crippen LogP contribution in [-0.4, -0.2) is 23.5 Å². The number of rotatable bonds is 3. The lowest BCUT2D eigenvalue weighted by Crippen LogP contribution is -2.40. The topological polar surface area (TPSA) is 3.24 Å². The van der Waals surface area contributed by atoms with Crippen molar-refractivity contribution in [3.8, 4) is 0 Å². The van der Waals surface area contributed by atoms with E-state index in [0.29, 0.717) is 0 Å². The molecular formula is C12H21N. The number of piperidine rings is 1. The molecule has 2 atom stereocenters. The third kappa shape index (κ3) is 1.80. The van der Waals surface area contributed by atoms with Gasteiger partial charge in [0, 0.05) is 18.6 Å². The molecule has 2 rings (SSSR count). The van der Waals surface area contributed by atoms with Crippen LogP contribution in [0.1, 0.15) is 45.4 Å². The van der Waals surface area contributed by atoms with Gasteiger partial charge in [-0.2, -0.15) is 0 Å². The minimum atomic E-state index is 0.905. The van der Waals surface area contributed by atoms with E-state index in [2.05, 4.69) is 18.4 Å². The molecule has 2 saturated heterocycles. The van der Waals surface area contributed by atoms with Gasteiger partial charge in [0.2, 0.25) is 0 Å². The quantitative estimate of drug-likeness (QED) is 0.602. The van der Waals surface area contributed by atoms with Crippen molar-refractivity contribution in [2.24, 2.45) is 0 Å². The monoisotopic (exact) mass is 179 g/mol. The number of fused-ring (bicyclic) bond motifs is 2. The van der Waals surface area contributed by atoms with Gasteiger partial charge in [0.05, 0.1) is 0 Å². The predicted molar refractivity (Wildman–Crippen MR) is 56.8 cm³/mol. The van der Waals surface area contributed by atoms with Crippen molar-refractivity contribution in [1.82, 2.24) is 4.90 Å². The third-order valence-corrected chi connectivity index (χ3v) is 3.75. The molecule has 2 unspecified atom stereocenters. The number of hydrogen-bond acceptors (Lipinski definition) is 1. The van der Waals surface area contributed by atoms with E-state index < -0.39 is 0 Å². The van der Waals surface area contributed by atoms with Crippen molar-refractivity contribution in [3.63, 3.8) is 0 Å². The lowest BCUT2D eigenvalue weighted by Gasteiger charge is -2.35. The molecule has 0 amide bonds. The zero-order valence-corrected chi connectivity index (χ0v) is 8.76. The minimum absolute atomic E-state index is 0.905. The maximum atomic E-state index is 4.12. The van der Waals surface area contributed by atoms with Crippen LogP contribution in [0.4, 0.5) is 0 Å². The molecule has 13 heavy (non-hydrogen) atoms. The molecule has 2 bridgehead atoms. The Bertz CT molecular complexity index is 181. The van der Waals surface area contributed by atoms with E-state index >= 15 is 0 Å². The second kappa shape index (κ2) is 3.83. The van der Waals surface area contributed by atoms with Crippen LogP contribution in [0.15, 0.2) is 12.2 Å². The average Bonchev–Trinajstić information content (AvgIpc) is 2.41. The Labute approximate surface area is 81.8 Å². The molecule has 0 aromatic carbocycles. The second-order valence-electron chi connectivity index (χ2n) is 4.59. The van der Waals surface area contributed by atoms with Gasteiger partial charge in [-0.3, -0.25) is 4.90 Å². The van der Waals surface area contributed by atoms with Gasteiger partial charge in [-0.1, -0.05) is 25.5 Å². The third-order valence-electron chi connectivity index (χ3n) is 3.75. The molecule has 0 saturated carbocycles. The molecule has 2 aliphatic heterocycles. The standard InChI is InChI=1S/C12H21N/c1-3-10(2)9-13-11-5-4-6-12(13)8-7-11/h11-12H,2-9H2,1H3. The molecule has 0 aromatic rings. The first kappa shape index (κ1) is 9.26. The molecule has 2 aliphatic rings. The maximum Gasteiger partial charge on any atom is 0.0195 e. The van der Waals surface area contributed by atoms with Gasteiger partial charge in [0.25, 0.3) is 0 Å². The van der Waals surface area contributed by atoms with Gasteiger partial charge in [-0.05, 0) is 32.1 Å². The number of hydrogen-bond donors (Lipinski definition) is 0. The summed E-state index contributed by atoms with van der Waals surface area (Å²) in [6.07, 6.45) is 8.38. The fourth-order valence-electron chi connectivity index (χ4n) is 2.85. The highest BCUT2D eigenvalue weighted by atomic mass is 15.2. The summed E-state index contributed by atoms with van der Waals surface area (Å²) in [5.74, 6) is 0. The van der Waals surface area contributed by atoms with Crippen LogP contribution in [0.3, 0.4) is 0 Å². The van der Waals surface area contributed by atoms with E-state index in [4.69, 9.17) is 0 Å². The lowest BCUT2D eigenvalue weighted by atomic mass is 10.0.